The molecular formula is C26H23N5O. The zero-order chi connectivity index (χ0) is 21.9. The van der Waals surface area contributed by atoms with Crippen molar-refractivity contribution in [2.24, 2.45) is 0 Å². The van der Waals surface area contributed by atoms with Crippen molar-refractivity contribution < 1.29 is 4.74 Å². The van der Waals surface area contributed by atoms with Crippen LogP contribution in [-0.2, 0) is 13.0 Å². The summed E-state index contributed by atoms with van der Waals surface area (Å²) in [7, 11) is 1.67. The summed E-state index contributed by atoms with van der Waals surface area (Å²) < 4.78 is 7.24. The van der Waals surface area contributed by atoms with E-state index >= 15 is 0 Å². The quantitative estimate of drug-likeness (QED) is 0.429. The monoisotopic (exact) mass is 421 g/mol. The molecule has 0 aliphatic carbocycles. The summed E-state index contributed by atoms with van der Waals surface area (Å²) in [6.07, 6.45) is 2.50. The molecular weight excluding hydrogens is 398 g/mol. The summed E-state index contributed by atoms with van der Waals surface area (Å²) >= 11 is 0. The Bertz CT molecular complexity index is 1360. The number of hydrogen-bond donors (Lipinski definition) is 1. The van der Waals surface area contributed by atoms with Crippen LogP contribution in [0.5, 0.6) is 5.75 Å². The first kappa shape index (κ1) is 19.8. The maximum atomic E-state index is 6.31. The third kappa shape index (κ3) is 3.90. The highest BCUT2D eigenvalue weighted by atomic mass is 16.5. The first-order valence-electron chi connectivity index (χ1n) is 10.5. The van der Waals surface area contributed by atoms with E-state index in [0.717, 1.165) is 33.5 Å². The highest BCUT2D eigenvalue weighted by Gasteiger charge is 2.16. The van der Waals surface area contributed by atoms with E-state index in [-0.39, 0.29) is 0 Å². The second kappa shape index (κ2) is 8.51. The van der Waals surface area contributed by atoms with Gasteiger partial charge in [0.1, 0.15) is 17.3 Å². The van der Waals surface area contributed by atoms with Crippen molar-refractivity contribution in [1.29, 1.82) is 0 Å². The molecule has 2 aromatic heterocycles. The molecule has 158 valence electrons. The molecule has 0 unspecified atom stereocenters. The van der Waals surface area contributed by atoms with Gasteiger partial charge in [-0.05, 0) is 29.3 Å². The largest absolute Gasteiger partial charge is 0.497 e. The fourth-order valence-corrected chi connectivity index (χ4v) is 3.80. The van der Waals surface area contributed by atoms with Gasteiger partial charge in [-0.25, -0.2) is 9.97 Å². The molecule has 0 radical (unpaired) electrons. The number of aromatic nitrogens is 4. The van der Waals surface area contributed by atoms with Crippen LogP contribution in [-0.4, -0.2) is 26.9 Å². The lowest BCUT2D eigenvalue weighted by molar-refractivity contribution is 0.414. The van der Waals surface area contributed by atoms with Crippen molar-refractivity contribution in [3.63, 3.8) is 0 Å². The summed E-state index contributed by atoms with van der Waals surface area (Å²) in [5.74, 6) is 1.84. The summed E-state index contributed by atoms with van der Waals surface area (Å²) in [4.78, 5) is 9.22. The molecule has 2 N–H and O–H groups in total. The minimum Gasteiger partial charge on any atom is -0.497 e. The van der Waals surface area contributed by atoms with Gasteiger partial charge < -0.3 is 10.5 Å². The summed E-state index contributed by atoms with van der Waals surface area (Å²) in [5.41, 5.74) is 11.3. The van der Waals surface area contributed by atoms with Gasteiger partial charge in [-0.3, -0.25) is 4.68 Å². The van der Waals surface area contributed by atoms with Crippen molar-refractivity contribution in [2.75, 3.05) is 12.8 Å². The van der Waals surface area contributed by atoms with Gasteiger partial charge in [-0.2, -0.15) is 5.10 Å². The van der Waals surface area contributed by atoms with Crippen LogP contribution in [0.15, 0.2) is 85.1 Å². The predicted octanol–water partition coefficient (Wildman–Crippen LogP) is 4.72. The smallest absolute Gasteiger partial charge is 0.182 e. The van der Waals surface area contributed by atoms with Gasteiger partial charge in [-0.15, -0.1) is 0 Å². The van der Waals surface area contributed by atoms with E-state index in [9.17, 15) is 0 Å². The Kier molecular flexibility index (Phi) is 5.25. The fourth-order valence-electron chi connectivity index (χ4n) is 3.80. The van der Waals surface area contributed by atoms with Crippen LogP contribution in [0.2, 0.25) is 0 Å². The number of anilines is 1. The fraction of sp³-hybridized carbons (Fsp3) is 0.115. The average molecular weight is 422 g/mol. The number of nitrogens with zero attached hydrogens (tertiary/aromatic N) is 4. The second-order valence-electron chi connectivity index (χ2n) is 7.64. The SMILES string of the molecule is COc1ccc(Cn2nc(-c3ncc(Cc4ccccc4)c(N)n3)c3ccccc32)cc1. The van der Waals surface area contributed by atoms with E-state index in [2.05, 4.69) is 28.2 Å². The molecule has 0 fully saturated rings. The maximum Gasteiger partial charge on any atom is 0.182 e. The number of nitrogens with two attached hydrogens (primary N) is 1. The van der Waals surface area contributed by atoms with Gasteiger partial charge in [0.2, 0.25) is 0 Å². The van der Waals surface area contributed by atoms with Crippen molar-refractivity contribution in [3.8, 4) is 17.3 Å². The van der Waals surface area contributed by atoms with Crippen LogP contribution in [0.25, 0.3) is 22.4 Å². The van der Waals surface area contributed by atoms with Crippen LogP contribution in [0.1, 0.15) is 16.7 Å². The molecule has 3 aromatic carbocycles. The van der Waals surface area contributed by atoms with E-state index < -0.39 is 0 Å². The third-order valence-electron chi connectivity index (χ3n) is 5.50. The van der Waals surface area contributed by atoms with Gasteiger partial charge in [0.25, 0.3) is 0 Å². The molecule has 0 spiro atoms. The Hall–Kier alpha value is -4.19. The summed E-state index contributed by atoms with van der Waals surface area (Å²) in [6, 6.07) is 26.3. The zero-order valence-electron chi connectivity index (χ0n) is 17.8. The Morgan fingerprint density at radius 2 is 1.62 bits per heavy atom. The summed E-state index contributed by atoms with van der Waals surface area (Å²) in [5, 5.41) is 5.85. The first-order valence-corrected chi connectivity index (χ1v) is 10.5. The average Bonchev–Trinajstić information content (AvgIpc) is 3.20. The van der Waals surface area contributed by atoms with Gasteiger partial charge in [-0.1, -0.05) is 60.7 Å². The van der Waals surface area contributed by atoms with Crippen LogP contribution >= 0.6 is 0 Å². The Balaban J connectivity index is 1.49. The highest BCUT2D eigenvalue weighted by molar-refractivity contribution is 5.91. The predicted molar refractivity (Wildman–Crippen MR) is 127 cm³/mol. The number of ether oxygens (including phenoxy) is 1. The number of nitrogen functional groups attached to an aromatic ring is 1. The standard InChI is InChI=1S/C26H23N5O/c1-32-21-13-11-19(12-14-21)17-31-23-10-6-5-9-22(23)24(30-31)26-28-16-20(25(27)29-26)15-18-7-3-2-4-8-18/h2-14,16H,15,17H2,1H3,(H2,27,28,29). The highest BCUT2D eigenvalue weighted by Crippen LogP contribution is 2.27. The minimum absolute atomic E-state index is 0.479. The number of fused-ring (bicyclic) bond motifs is 1. The van der Waals surface area contributed by atoms with Gasteiger partial charge >= 0.3 is 0 Å². The molecule has 0 atom stereocenters. The lowest BCUT2D eigenvalue weighted by Crippen LogP contribution is -2.04. The molecule has 0 saturated heterocycles. The number of methoxy groups -OCH3 is 1. The minimum atomic E-state index is 0.479. The lowest BCUT2D eigenvalue weighted by atomic mass is 10.1. The normalized spacial score (nSPS) is 11.0. The van der Waals surface area contributed by atoms with Crippen molar-refractivity contribution in [1.82, 2.24) is 19.7 Å². The first-order chi connectivity index (χ1) is 15.7. The van der Waals surface area contributed by atoms with Gasteiger partial charge in [0, 0.05) is 23.6 Å². The Labute approximate surface area is 186 Å². The topological polar surface area (TPSA) is 78.8 Å². The molecule has 5 aromatic rings. The Morgan fingerprint density at radius 3 is 2.38 bits per heavy atom. The number of benzene rings is 3. The van der Waals surface area contributed by atoms with Crippen LogP contribution in [0.3, 0.4) is 0 Å². The van der Waals surface area contributed by atoms with E-state index in [1.54, 1.807) is 7.11 Å². The van der Waals surface area contributed by atoms with Crippen molar-refractivity contribution in [2.45, 2.75) is 13.0 Å². The summed E-state index contributed by atoms with van der Waals surface area (Å²) in [6.45, 7) is 0.631. The third-order valence-corrected chi connectivity index (χ3v) is 5.50. The molecule has 6 nitrogen and oxygen atoms in total. The van der Waals surface area contributed by atoms with Gasteiger partial charge in [0.05, 0.1) is 19.2 Å². The van der Waals surface area contributed by atoms with Crippen molar-refractivity contribution >= 4 is 16.7 Å². The van der Waals surface area contributed by atoms with Gasteiger partial charge in [0.15, 0.2) is 5.82 Å². The molecule has 0 aliphatic rings. The van der Waals surface area contributed by atoms with E-state index in [1.807, 2.05) is 71.5 Å². The zero-order valence-corrected chi connectivity index (χ0v) is 17.8. The molecule has 2 heterocycles. The molecule has 0 saturated carbocycles. The van der Waals surface area contributed by atoms with E-state index in [4.69, 9.17) is 15.6 Å². The van der Waals surface area contributed by atoms with Crippen LogP contribution in [0, 0.1) is 0 Å². The van der Waals surface area contributed by atoms with Crippen LogP contribution < -0.4 is 10.5 Å². The maximum absolute atomic E-state index is 6.31. The number of para-hydroxylation sites is 1. The second-order valence-corrected chi connectivity index (χ2v) is 7.64. The van der Waals surface area contributed by atoms with E-state index in [1.165, 1.54) is 5.56 Å². The number of rotatable bonds is 6. The number of hydrogen-bond acceptors (Lipinski definition) is 5. The molecule has 0 bridgehead atoms. The van der Waals surface area contributed by atoms with Crippen LogP contribution in [0.4, 0.5) is 5.82 Å². The molecule has 5 rings (SSSR count). The Morgan fingerprint density at radius 1 is 0.875 bits per heavy atom. The molecule has 0 amide bonds. The molecule has 0 aliphatic heterocycles. The van der Waals surface area contributed by atoms with Crippen molar-refractivity contribution in [3.05, 3.63) is 102 Å². The molecule has 32 heavy (non-hydrogen) atoms. The van der Waals surface area contributed by atoms with E-state index in [0.29, 0.717) is 24.6 Å². The lowest BCUT2D eigenvalue weighted by Gasteiger charge is -2.06. The molecule has 6 heteroatoms.